The number of fused-ring (bicyclic) bond motifs is 1. The van der Waals surface area contributed by atoms with Crippen molar-refractivity contribution in [2.24, 2.45) is 5.92 Å². The molecule has 2 radical (unpaired) electrons. The molecular formula is C11H9BO3. The van der Waals surface area contributed by atoms with E-state index in [9.17, 15) is 9.59 Å². The Labute approximate surface area is 88.8 Å². The largest absolute Gasteiger partial charge is 0.468 e. The van der Waals surface area contributed by atoms with Gasteiger partial charge in [0.15, 0.2) is 5.78 Å². The zero-order valence-corrected chi connectivity index (χ0v) is 8.32. The van der Waals surface area contributed by atoms with Crippen molar-refractivity contribution < 1.29 is 14.3 Å². The Morgan fingerprint density at radius 3 is 2.93 bits per heavy atom. The van der Waals surface area contributed by atoms with Crippen LogP contribution in [0.1, 0.15) is 15.9 Å². The van der Waals surface area contributed by atoms with Crippen molar-refractivity contribution in [2.75, 3.05) is 7.11 Å². The lowest BCUT2D eigenvalue weighted by atomic mass is 9.93. The highest BCUT2D eigenvalue weighted by molar-refractivity contribution is 6.33. The van der Waals surface area contributed by atoms with E-state index in [1.807, 2.05) is 0 Å². The van der Waals surface area contributed by atoms with Crippen molar-refractivity contribution in [3.63, 3.8) is 0 Å². The number of esters is 1. The Morgan fingerprint density at radius 1 is 1.53 bits per heavy atom. The van der Waals surface area contributed by atoms with Crippen molar-refractivity contribution in [1.82, 2.24) is 0 Å². The van der Waals surface area contributed by atoms with Crippen molar-refractivity contribution in [1.29, 1.82) is 0 Å². The average molecular weight is 200 g/mol. The van der Waals surface area contributed by atoms with Crippen LogP contribution in [0.2, 0.25) is 0 Å². The van der Waals surface area contributed by atoms with Gasteiger partial charge >= 0.3 is 5.97 Å². The van der Waals surface area contributed by atoms with Gasteiger partial charge in [-0.2, -0.15) is 0 Å². The molecule has 3 nitrogen and oxygen atoms in total. The van der Waals surface area contributed by atoms with Gasteiger partial charge in [0.05, 0.1) is 7.11 Å². The molecule has 0 aromatic heterocycles. The predicted molar refractivity (Wildman–Crippen MR) is 55.4 cm³/mol. The van der Waals surface area contributed by atoms with Crippen LogP contribution in [-0.2, 0) is 16.0 Å². The van der Waals surface area contributed by atoms with E-state index in [1.54, 1.807) is 18.2 Å². The lowest BCUT2D eigenvalue weighted by Gasteiger charge is -2.03. The molecular weight excluding hydrogens is 191 g/mol. The van der Waals surface area contributed by atoms with E-state index in [4.69, 9.17) is 7.85 Å². The van der Waals surface area contributed by atoms with Crippen molar-refractivity contribution >= 4 is 25.1 Å². The number of carbonyl (C=O) groups is 2. The fourth-order valence-electron chi connectivity index (χ4n) is 1.83. The third-order valence-corrected chi connectivity index (χ3v) is 2.63. The molecule has 1 aromatic carbocycles. The van der Waals surface area contributed by atoms with Crippen LogP contribution in [-0.4, -0.2) is 26.7 Å². The summed E-state index contributed by atoms with van der Waals surface area (Å²) in [7, 11) is 6.86. The number of hydrogen-bond acceptors (Lipinski definition) is 3. The molecule has 0 aliphatic heterocycles. The molecule has 74 valence electrons. The summed E-state index contributed by atoms with van der Waals surface area (Å²) in [4.78, 5) is 23.1. The van der Waals surface area contributed by atoms with Crippen LogP contribution in [0.3, 0.4) is 0 Å². The first kappa shape index (κ1) is 9.96. The Bertz CT molecular complexity index is 439. The summed E-state index contributed by atoms with van der Waals surface area (Å²) < 4.78 is 4.57. The summed E-state index contributed by atoms with van der Waals surface area (Å²) in [6.07, 6.45) is 0.418. The quantitative estimate of drug-likeness (QED) is 0.364. The zero-order valence-electron chi connectivity index (χ0n) is 8.32. The highest BCUT2D eigenvalue weighted by atomic mass is 16.5. The van der Waals surface area contributed by atoms with Crippen LogP contribution in [0.4, 0.5) is 0 Å². The monoisotopic (exact) mass is 200 g/mol. The van der Waals surface area contributed by atoms with Gasteiger partial charge in [0.1, 0.15) is 13.8 Å². The first-order valence-corrected chi connectivity index (χ1v) is 4.64. The Balaban J connectivity index is 2.38. The lowest BCUT2D eigenvalue weighted by Crippen LogP contribution is -2.22. The number of carbonyl (C=O) groups excluding carboxylic acids is 2. The molecule has 0 spiro atoms. The van der Waals surface area contributed by atoms with Crippen LogP contribution < -0.4 is 5.46 Å². The maximum atomic E-state index is 11.8. The second-order valence-electron chi connectivity index (χ2n) is 3.56. The molecule has 0 saturated carbocycles. The lowest BCUT2D eigenvalue weighted by molar-refractivity contribution is -0.143. The molecule has 4 heteroatoms. The smallest absolute Gasteiger partial charge is 0.316 e. The Kier molecular flexibility index (Phi) is 2.35. The third-order valence-electron chi connectivity index (χ3n) is 2.63. The van der Waals surface area contributed by atoms with Crippen LogP contribution in [0.25, 0.3) is 0 Å². The summed E-state index contributed by atoms with van der Waals surface area (Å²) in [6.45, 7) is 0. The Morgan fingerprint density at radius 2 is 2.27 bits per heavy atom. The molecule has 2 rings (SSSR count). The number of rotatable bonds is 1. The topological polar surface area (TPSA) is 43.4 Å². The van der Waals surface area contributed by atoms with Crippen LogP contribution in [0, 0.1) is 5.92 Å². The van der Waals surface area contributed by atoms with Gasteiger partial charge in [-0.25, -0.2) is 0 Å². The standard InChI is InChI=1S/C11H9BO3/c1-15-11(14)9-4-6-2-3-7(12)5-8(6)10(9)13/h2-3,5,9H,4H2,1H3. The molecule has 0 bridgehead atoms. The van der Waals surface area contributed by atoms with E-state index >= 15 is 0 Å². The predicted octanol–water partition coefficient (Wildman–Crippen LogP) is 0.00840. The summed E-state index contributed by atoms with van der Waals surface area (Å²) in [6, 6.07) is 5.12. The van der Waals surface area contributed by atoms with Gasteiger partial charge in [0.2, 0.25) is 0 Å². The second kappa shape index (κ2) is 3.53. The summed E-state index contributed by atoms with van der Waals surface area (Å²) in [5.74, 6) is -1.36. The van der Waals surface area contributed by atoms with Gasteiger partial charge in [-0.3, -0.25) is 9.59 Å². The van der Waals surface area contributed by atoms with E-state index in [2.05, 4.69) is 4.74 Å². The molecule has 1 unspecified atom stereocenters. The van der Waals surface area contributed by atoms with E-state index in [0.717, 1.165) is 5.56 Å². The van der Waals surface area contributed by atoms with Crippen LogP contribution in [0.5, 0.6) is 0 Å². The van der Waals surface area contributed by atoms with E-state index < -0.39 is 11.9 Å². The molecule has 0 amide bonds. The first-order chi connectivity index (χ1) is 7.13. The van der Waals surface area contributed by atoms with E-state index in [-0.39, 0.29) is 5.78 Å². The van der Waals surface area contributed by atoms with Gasteiger partial charge in [-0.05, 0) is 12.0 Å². The molecule has 1 aliphatic carbocycles. The minimum absolute atomic E-state index is 0.191. The number of ketones is 1. The second-order valence-corrected chi connectivity index (χ2v) is 3.56. The molecule has 0 fully saturated rings. The summed E-state index contributed by atoms with van der Waals surface area (Å²) in [5.41, 5.74) is 1.95. The minimum atomic E-state index is -0.688. The van der Waals surface area contributed by atoms with Gasteiger partial charge in [0.25, 0.3) is 0 Å². The minimum Gasteiger partial charge on any atom is -0.468 e. The van der Waals surface area contributed by atoms with Gasteiger partial charge in [0, 0.05) is 5.56 Å². The van der Waals surface area contributed by atoms with Gasteiger partial charge < -0.3 is 4.74 Å². The van der Waals surface area contributed by atoms with Gasteiger partial charge in [-0.15, -0.1) is 0 Å². The average Bonchev–Trinajstić information content (AvgIpc) is 2.55. The molecule has 1 aliphatic rings. The summed E-state index contributed by atoms with van der Waals surface area (Å²) >= 11 is 0. The number of Topliss-reactive ketones (excluding diaryl/α,β-unsaturated/α-hetero) is 1. The zero-order chi connectivity index (χ0) is 11.0. The van der Waals surface area contributed by atoms with Crippen LogP contribution in [0.15, 0.2) is 18.2 Å². The highest BCUT2D eigenvalue weighted by Crippen LogP contribution is 2.26. The molecule has 1 aromatic rings. The van der Waals surface area contributed by atoms with Gasteiger partial charge in [-0.1, -0.05) is 23.7 Å². The first-order valence-electron chi connectivity index (χ1n) is 4.64. The third kappa shape index (κ3) is 1.56. The fraction of sp³-hybridized carbons (Fsp3) is 0.273. The number of benzene rings is 1. The molecule has 15 heavy (non-hydrogen) atoms. The normalized spacial score (nSPS) is 18.7. The Hall–Kier alpha value is -1.58. The fourth-order valence-corrected chi connectivity index (χ4v) is 1.83. The van der Waals surface area contributed by atoms with Crippen molar-refractivity contribution in [3.05, 3.63) is 29.3 Å². The van der Waals surface area contributed by atoms with E-state index in [0.29, 0.717) is 17.4 Å². The number of ether oxygens (including phenoxy) is 1. The maximum absolute atomic E-state index is 11.8. The SMILES string of the molecule is [B]c1ccc2c(c1)C(=O)C(C(=O)OC)C2. The maximum Gasteiger partial charge on any atom is 0.316 e. The molecule has 1 atom stereocenters. The van der Waals surface area contributed by atoms with Crippen molar-refractivity contribution in [3.8, 4) is 0 Å². The molecule has 0 saturated heterocycles. The molecule has 0 N–H and O–H groups in total. The summed E-state index contributed by atoms with van der Waals surface area (Å²) in [5, 5.41) is 0. The molecule has 0 heterocycles. The van der Waals surface area contributed by atoms with Crippen LogP contribution >= 0.6 is 0 Å². The van der Waals surface area contributed by atoms with Crippen molar-refractivity contribution in [2.45, 2.75) is 6.42 Å². The highest BCUT2D eigenvalue weighted by Gasteiger charge is 2.36. The number of hydrogen-bond donors (Lipinski definition) is 0. The van der Waals surface area contributed by atoms with E-state index in [1.165, 1.54) is 7.11 Å². The number of methoxy groups -OCH3 is 1.